The van der Waals surface area contributed by atoms with E-state index in [9.17, 15) is 0 Å². The molecule has 0 aliphatic rings. The summed E-state index contributed by atoms with van der Waals surface area (Å²) in [5.74, 6) is 0. The summed E-state index contributed by atoms with van der Waals surface area (Å²) in [6.45, 7) is 0. The molecule has 0 atom stereocenters. The van der Waals surface area contributed by atoms with E-state index in [2.05, 4.69) is 71.7 Å². The van der Waals surface area contributed by atoms with Crippen LogP contribution >= 0.6 is 7.14 Å². The summed E-state index contributed by atoms with van der Waals surface area (Å²) in [5.41, 5.74) is 3.49. The Morgan fingerprint density at radius 1 is 0.476 bits per heavy atom. The van der Waals surface area contributed by atoms with Crippen molar-refractivity contribution in [3.63, 3.8) is 0 Å². The lowest BCUT2D eigenvalue weighted by atomic mass is 10.1. The summed E-state index contributed by atoms with van der Waals surface area (Å²) in [4.78, 5) is 9.72. The molecule has 4 heteroatoms. The van der Waals surface area contributed by atoms with Crippen LogP contribution in [-0.4, -0.2) is 9.97 Å². The van der Waals surface area contributed by atoms with Gasteiger partial charge in [0.2, 0.25) is 0 Å². The van der Waals surface area contributed by atoms with E-state index in [1.54, 1.807) is 6.20 Å². The summed E-state index contributed by atoms with van der Waals surface area (Å²) < 4.78 is 16.0. The Bertz CT molecular complexity index is 2270. The van der Waals surface area contributed by atoms with Crippen molar-refractivity contribution in [2.24, 2.45) is 0 Å². The fraction of sp³-hybridized carbons (Fsp3) is 0. The average molecular weight is 557 g/mol. The highest BCUT2D eigenvalue weighted by molar-refractivity contribution is 7.86. The molecule has 6 aromatic carbocycles. The summed E-state index contributed by atoms with van der Waals surface area (Å²) in [7, 11) is -3.34. The molecule has 0 fully saturated rings. The van der Waals surface area contributed by atoms with Crippen molar-refractivity contribution < 1.29 is 4.57 Å². The molecule has 0 amide bonds. The molecule has 0 saturated carbocycles. The van der Waals surface area contributed by atoms with Crippen LogP contribution in [0.5, 0.6) is 0 Å². The topological polar surface area (TPSA) is 42.9 Å². The highest BCUT2D eigenvalue weighted by Gasteiger charge is 2.33. The van der Waals surface area contributed by atoms with Gasteiger partial charge in [-0.05, 0) is 39.7 Å². The van der Waals surface area contributed by atoms with Gasteiger partial charge in [-0.1, -0.05) is 127 Å². The Labute approximate surface area is 243 Å². The second-order valence-corrected chi connectivity index (χ2v) is 13.3. The number of fused-ring (bicyclic) bond motifs is 5. The standard InChI is InChI=1S/C38H25N2OP/c41-42(35-18-6-11-26-9-1-3-16-32(26)35,36-19-7-12-27-10-2-4-17-33(27)36)31-15-5-13-30(25-31)34-23-22-29-21-20-28-14-8-24-39-37(28)38(29)40-34/h1-25H. The Morgan fingerprint density at radius 2 is 1.05 bits per heavy atom. The lowest BCUT2D eigenvalue weighted by molar-refractivity contribution is 0.593. The summed E-state index contributed by atoms with van der Waals surface area (Å²) >= 11 is 0. The molecule has 198 valence electrons. The molecule has 0 N–H and O–H groups in total. The fourth-order valence-corrected chi connectivity index (χ4v) is 9.23. The number of nitrogens with zero attached hydrogens (tertiary/aromatic N) is 2. The Hall–Kier alpha value is -5.11. The third-order valence-electron chi connectivity index (χ3n) is 8.15. The molecule has 42 heavy (non-hydrogen) atoms. The zero-order chi connectivity index (χ0) is 28.1. The van der Waals surface area contributed by atoms with E-state index in [4.69, 9.17) is 4.98 Å². The van der Waals surface area contributed by atoms with Crippen LogP contribution in [0.2, 0.25) is 0 Å². The monoisotopic (exact) mass is 556 g/mol. The van der Waals surface area contributed by atoms with E-state index in [1.165, 1.54) is 0 Å². The fourth-order valence-electron chi connectivity index (χ4n) is 6.12. The first kappa shape index (κ1) is 24.7. The minimum atomic E-state index is -3.34. The van der Waals surface area contributed by atoms with Gasteiger partial charge >= 0.3 is 0 Å². The van der Waals surface area contributed by atoms with Gasteiger partial charge < -0.3 is 4.57 Å². The van der Waals surface area contributed by atoms with Crippen molar-refractivity contribution in [3.8, 4) is 11.3 Å². The van der Waals surface area contributed by atoms with Gasteiger partial charge in [-0.25, -0.2) is 4.98 Å². The van der Waals surface area contributed by atoms with Crippen LogP contribution in [0.3, 0.4) is 0 Å². The molecule has 0 aliphatic heterocycles. The van der Waals surface area contributed by atoms with Crippen LogP contribution in [0.1, 0.15) is 0 Å². The van der Waals surface area contributed by atoms with Crippen LogP contribution in [0.15, 0.2) is 152 Å². The molecule has 0 bridgehead atoms. The van der Waals surface area contributed by atoms with E-state index < -0.39 is 7.14 Å². The lowest BCUT2D eigenvalue weighted by Gasteiger charge is -2.24. The highest BCUT2D eigenvalue weighted by Crippen LogP contribution is 2.46. The van der Waals surface area contributed by atoms with E-state index in [0.29, 0.717) is 0 Å². The van der Waals surface area contributed by atoms with Crippen molar-refractivity contribution in [1.82, 2.24) is 9.97 Å². The van der Waals surface area contributed by atoms with Gasteiger partial charge in [-0.2, -0.15) is 0 Å². The number of aromatic nitrogens is 2. The smallest absolute Gasteiger partial charge is 0.172 e. The minimum absolute atomic E-state index is 0.783. The van der Waals surface area contributed by atoms with Gasteiger partial charge in [0.1, 0.15) is 0 Å². The molecular weight excluding hydrogens is 531 g/mol. The van der Waals surface area contributed by atoms with Gasteiger partial charge in [-0.15, -0.1) is 0 Å². The molecule has 0 saturated heterocycles. The molecule has 2 heterocycles. The molecule has 0 radical (unpaired) electrons. The largest absolute Gasteiger partial charge is 0.309 e. The highest BCUT2D eigenvalue weighted by atomic mass is 31.2. The second kappa shape index (κ2) is 9.76. The third-order valence-corrected chi connectivity index (χ3v) is 11.3. The molecular formula is C38H25N2OP. The molecule has 8 rings (SSSR count). The van der Waals surface area contributed by atoms with Crippen molar-refractivity contribution in [2.75, 3.05) is 0 Å². The molecule has 0 spiro atoms. The third kappa shape index (κ3) is 3.86. The number of pyridine rings is 2. The second-order valence-electron chi connectivity index (χ2n) is 10.6. The van der Waals surface area contributed by atoms with Crippen LogP contribution in [0.4, 0.5) is 0 Å². The van der Waals surface area contributed by atoms with E-state index in [0.717, 1.165) is 70.5 Å². The molecule has 0 aliphatic carbocycles. The molecule has 8 aromatic rings. The van der Waals surface area contributed by atoms with E-state index in [-0.39, 0.29) is 0 Å². The van der Waals surface area contributed by atoms with E-state index >= 15 is 4.57 Å². The number of benzene rings is 6. The molecule has 0 unspecified atom stereocenters. The zero-order valence-corrected chi connectivity index (χ0v) is 23.6. The first-order valence-corrected chi connectivity index (χ1v) is 15.7. The van der Waals surface area contributed by atoms with Gasteiger partial charge in [0.15, 0.2) is 7.14 Å². The number of hydrogen-bond donors (Lipinski definition) is 0. The SMILES string of the molecule is O=P(c1cccc(-c2ccc3ccc4cccnc4c3n2)c1)(c1cccc2ccccc12)c1cccc2ccccc12. The Kier molecular flexibility index (Phi) is 5.73. The summed E-state index contributed by atoms with van der Waals surface area (Å²) in [5, 5.41) is 8.71. The van der Waals surface area contributed by atoms with Gasteiger partial charge in [-0.3, -0.25) is 4.98 Å². The normalized spacial score (nSPS) is 11.9. The quantitative estimate of drug-likeness (QED) is 0.162. The lowest BCUT2D eigenvalue weighted by Crippen LogP contribution is -2.26. The van der Waals surface area contributed by atoms with Crippen LogP contribution in [0, 0.1) is 0 Å². The molecule has 3 nitrogen and oxygen atoms in total. The van der Waals surface area contributed by atoms with E-state index in [1.807, 2.05) is 78.9 Å². The number of rotatable bonds is 4. The number of hydrogen-bond acceptors (Lipinski definition) is 3. The van der Waals surface area contributed by atoms with Crippen molar-refractivity contribution in [2.45, 2.75) is 0 Å². The average Bonchev–Trinajstić information content (AvgIpc) is 3.07. The maximum Gasteiger partial charge on any atom is 0.172 e. The predicted octanol–water partition coefficient (Wildman–Crippen LogP) is 8.40. The molecule has 2 aromatic heterocycles. The Morgan fingerprint density at radius 3 is 1.76 bits per heavy atom. The minimum Gasteiger partial charge on any atom is -0.309 e. The van der Waals surface area contributed by atoms with Crippen molar-refractivity contribution in [3.05, 3.63) is 152 Å². The summed E-state index contributed by atoms with van der Waals surface area (Å²) in [6.07, 6.45) is 1.81. The van der Waals surface area contributed by atoms with Crippen LogP contribution < -0.4 is 15.9 Å². The van der Waals surface area contributed by atoms with Crippen molar-refractivity contribution in [1.29, 1.82) is 0 Å². The maximum atomic E-state index is 16.0. The van der Waals surface area contributed by atoms with Crippen molar-refractivity contribution >= 4 is 66.4 Å². The van der Waals surface area contributed by atoms with Gasteiger partial charge in [0.25, 0.3) is 0 Å². The van der Waals surface area contributed by atoms with Crippen LogP contribution in [0.25, 0.3) is 54.6 Å². The van der Waals surface area contributed by atoms with Gasteiger partial charge in [0, 0.05) is 38.4 Å². The first-order valence-electron chi connectivity index (χ1n) is 14.0. The zero-order valence-electron chi connectivity index (χ0n) is 22.7. The van der Waals surface area contributed by atoms with Crippen LogP contribution in [-0.2, 0) is 4.57 Å². The Balaban J connectivity index is 1.40. The maximum absolute atomic E-state index is 16.0. The first-order chi connectivity index (χ1) is 20.7. The summed E-state index contributed by atoms with van der Waals surface area (Å²) in [6, 6.07) is 49.1. The predicted molar refractivity (Wildman–Crippen MR) is 177 cm³/mol. The van der Waals surface area contributed by atoms with Gasteiger partial charge in [0.05, 0.1) is 16.7 Å².